The Morgan fingerprint density at radius 1 is 0.941 bits per heavy atom. The van der Waals surface area contributed by atoms with Crippen LogP contribution in [-0.2, 0) is 17.8 Å². The Bertz CT molecular complexity index is 1100. The Hall–Kier alpha value is -3.61. The number of carbonyl (C=O) groups is 2. The largest absolute Gasteiger partial charge is 0.488 e. The molecular weight excluding hydrogens is 430 g/mol. The van der Waals surface area contributed by atoms with Gasteiger partial charge in [-0.05, 0) is 44.4 Å². The van der Waals surface area contributed by atoms with Gasteiger partial charge in [0.1, 0.15) is 18.1 Å². The van der Waals surface area contributed by atoms with Crippen LogP contribution in [0.4, 0.5) is 0 Å². The first-order valence-electron chi connectivity index (χ1n) is 11.8. The first-order valence-corrected chi connectivity index (χ1v) is 11.8. The van der Waals surface area contributed by atoms with Gasteiger partial charge in [0.05, 0.1) is 16.8 Å². The van der Waals surface area contributed by atoms with Gasteiger partial charge in [-0.1, -0.05) is 47.6 Å². The summed E-state index contributed by atoms with van der Waals surface area (Å²) >= 11 is 0. The number of aromatic nitrogens is 1. The minimum absolute atomic E-state index is 0.0782. The number of carbonyl (C=O) groups excluding carboxylic acids is 2. The topological polar surface area (TPSA) is 75.9 Å². The molecule has 0 spiro atoms. The molecule has 1 aromatic heterocycles. The lowest BCUT2D eigenvalue weighted by Crippen LogP contribution is -2.50. The number of nitrogens with zero attached hydrogens (tertiary/aromatic N) is 3. The molecule has 0 bridgehead atoms. The third-order valence-corrected chi connectivity index (χ3v) is 6.29. The van der Waals surface area contributed by atoms with Crippen LogP contribution in [0, 0.1) is 13.8 Å². The van der Waals surface area contributed by atoms with Crippen molar-refractivity contribution in [1.29, 1.82) is 0 Å². The van der Waals surface area contributed by atoms with E-state index in [1.807, 2.05) is 49.1 Å². The smallest absolute Gasteiger partial charge is 0.257 e. The molecule has 34 heavy (non-hydrogen) atoms. The minimum Gasteiger partial charge on any atom is -0.488 e. The molecule has 178 valence electrons. The molecule has 1 aliphatic rings. The summed E-state index contributed by atoms with van der Waals surface area (Å²) in [6, 6.07) is 17.5. The first-order chi connectivity index (χ1) is 16.5. The quantitative estimate of drug-likeness (QED) is 0.503. The number of rotatable bonds is 8. The minimum atomic E-state index is -0.0782. The highest BCUT2D eigenvalue weighted by Crippen LogP contribution is 2.23. The zero-order valence-electron chi connectivity index (χ0n) is 19.8. The summed E-state index contributed by atoms with van der Waals surface area (Å²) in [5.74, 6) is 1.33. The van der Waals surface area contributed by atoms with Crippen LogP contribution >= 0.6 is 0 Å². The Kier molecular flexibility index (Phi) is 7.62. The maximum Gasteiger partial charge on any atom is 0.257 e. The van der Waals surface area contributed by atoms with Crippen LogP contribution in [0.1, 0.15) is 45.8 Å². The van der Waals surface area contributed by atoms with Crippen LogP contribution in [0.2, 0.25) is 0 Å². The van der Waals surface area contributed by atoms with Crippen molar-refractivity contribution >= 4 is 11.8 Å². The molecule has 0 radical (unpaired) electrons. The number of hydrogen-bond donors (Lipinski definition) is 0. The molecule has 7 nitrogen and oxygen atoms in total. The molecule has 2 amide bonds. The average molecular weight is 462 g/mol. The summed E-state index contributed by atoms with van der Waals surface area (Å²) in [4.78, 5) is 29.5. The standard InChI is InChI=1S/C27H31N3O4/c1-20-24(21(2)34-28-20)19-33-25-13-7-6-12-23(25)27(32)30-17-15-29(16-18-30)26(31)14-8-11-22-9-4-3-5-10-22/h3-7,9-10,12-13H,8,11,14-19H2,1-2H3. The van der Waals surface area contributed by atoms with Crippen molar-refractivity contribution in [1.82, 2.24) is 15.0 Å². The highest BCUT2D eigenvalue weighted by molar-refractivity contribution is 5.97. The second-order valence-electron chi connectivity index (χ2n) is 8.60. The van der Waals surface area contributed by atoms with E-state index in [2.05, 4.69) is 17.3 Å². The molecule has 3 aromatic rings. The van der Waals surface area contributed by atoms with Crippen LogP contribution in [-0.4, -0.2) is 52.9 Å². The van der Waals surface area contributed by atoms with Gasteiger partial charge in [-0.3, -0.25) is 9.59 Å². The number of benzene rings is 2. The van der Waals surface area contributed by atoms with E-state index >= 15 is 0 Å². The van der Waals surface area contributed by atoms with E-state index in [0.717, 1.165) is 24.1 Å². The molecule has 0 aliphatic carbocycles. The van der Waals surface area contributed by atoms with Crippen molar-refractivity contribution in [3.8, 4) is 5.75 Å². The SMILES string of the molecule is Cc1noc(C)c1COc1ccccc1C(=O)N1CCN(C(=O)CCCc2ccccc2)CC1. The number of aryl methyl sites for hydroxylation is 3. The van der Waals surface area contributed by atoms with Crippen LogP contribution in [0.5, 0.6) is 5.75 Å². The molecule has 1 fully saturated rings. The molecular formula is C27H31N3O4. The predicted octanol–water partition coefficient (Wildman–Crippen LogP) is 4.18. The lowest BCUT2D eigenvalue weighted by Gasteiger charge is -2.35. The highest BCUT2D eigenvalue weighted by Gasteiger charge is 2.26. The lowest BCUT2D eigenvalue weighted by atomic mass is 10.1. The van der Waals surface area contributed by atoms with E-state index in [-0.39, 0.29) is 18.4 Å². The molecule has 7 heteroatoms. The van der Waals surface area contributed by atoms with Crippen molar-refractivity contribution in [2.75, 3.05) is 26.2 Å². The summed E-state index contributed by atoms with van der Waals surface area (Å²) in [6.45, 7) is 6.14. The summed E-state index contributed by atoms with van der Waals surface area (Å²) in [5, 5.41) is 3.95. The zero-order valence-corrected chi connectivity index (χ0v) is 19.8. The zero-order chi connectivity index (χ0) is 23.9. The van der Waals surface area contributed by atoms with Gasteiger partial charge in [0.15, 0.2) is 0 Å². The van der Waals surface area contributed by atoms with Crippen molar-refractivity contribution in [3.05, 3.63) is 82.7 Å². The van der Waals surface area contributed by atoms with Gasteiger partial charge in [-0.25, -0.2) is 0 Å². The first kappa shape index (κ1) is 23.5. The van der Waals surface area contributed by atoms with Gasteiger partial charge in [0, 0.05) is 32.6 Å². The van der Waals surface area contributed by atoms with Gasteiger partial charge in [0.25, 0.3) is 5.91 Å². The highest BCUT2D eigenvalue weighted by atomic mass is 16.5. The second-order valence-corrected chi connectivity index (χ2v) is 8.60. The Labute approximate surface area is 200 Å². The molecule has 0 unspecified atom stereocenters. The van der Waals surface area contributed by atoms with Crippen LogP contribution in [0.15, 0.2) is 59.1 Å². The number of para-hydroxylation sites is 1. The number of ether oxygens (including phenoxy) is 1. The summed E-state index contributed by atoms with van der Waals surface area (Å²) in [6.07, 6.45) is 2.26. The monoisotopic (exact) mass is 461 g/mol. The number of amides is 2. The molecule has 2 aromatic carbocycles. The van der Waals surface area contributed by atoms with Crippen LogP contribution in [0.3, 0.4) is 0 Å². The van der Waals surface area contributed by atoms with Crippen molar-refractivity contribution in [2.24, 2.45) is 0 Å². The van der Waals surface area contributed by atoms with Gasteiger partial charge in [-0.2, -0.15) is 0 Å². The Morgan fingerprint density at radius 3 is 2.32 bits per heavy atom. The van der Waals surface area contributed by atoms with Gasteiger partial charge in [0.2, 0.25) is 5.91 Å². The average Bonchev–Trinajstić information content (AvgIpc) is 3.20. The molecule has 2 heterocycles. The molecule has 0 atom stereocenters. The predicted molar refractivity (Wildman–Crippen MR) is 129 cm³/mol. The van der Waals surface area contributed by atoms with Gasteiger partial charge >= 0.3 is 0 Å². The lowest BCUT2D eigenvalue weighted by molar-refractivity contribution is -0.132. The third kappa shape index (κ3) is 5.65. The molecule has 0 saturated carbocycles. The van der Waals surface area contributed by atoms with Crippen molar-refractivity contribution in [3.63, 3.8) is 0 Å². The molecule has 1 aliphatic heterocycles. The summed E-state index contributed by atoms with van der Waals surface area (Å²) in [7, 11) is 0. The fraction of sp³-hybridized carbons (Fsp3) is 0.370. The van der Waals surface area contributed by atoms with Gasteiger partial charge < -0.3 is 19.1 Å². The molecule has 0 N–H and O–H groups in total. The van der Waals surface area contributed by atoms with Crippen molar-refractivity contribution < 1.29 is 18.8 Å². The van der Waals surface area contributed by atoms with E-state index in [4.69, 9.17) is 9.26 Å². The van der Waals surface area contributed by atoms with E-state index in [1.165, 1.54) is 5.56 Å². The van der Waals surface area contributed by atoms with E-state index in [1.54, 1.807) is 17.0 Å². The third-order valence-electron chi connectivity index (χ3n) is 6.29. The summed E-state index contributed by atoms with van der Waals surface area (Å²) in [5.41, 5.74) is 3.45. The van der Waals surface area contributed by atoms with Crippen LogP contribution < -0.4 is 4.74 Å². The fourth-order valence-corrected chi connectivity index (χ4v) is 4.20. The molecule has 1 saturated heterocycles. The van der Waals surface area contributed by atoms with E-state index in [9.17, 15) is 9.59 Å². The fourth-order valence-electron chi connectivity index (χ4n) is 4.20. The normalized spacial score (nSPS) is 13.7. The number of hydrogen-bond acceptors (Lipinski definition) is 5. The number of piperazine rings is 1. The van der Waals surface area contributed by atoms with E-state index < -0.39 is 0 Å². The maximum atomic E-state index is 13.2. The van der Waals surface area contributed by atoms with Gasteiger partial charge in [-0.15, -0.1) is 0 Å². The summed E-state index contributed by atoms with van der Waals surface area (Å²) < 4.78 is 11.2. The molecule has 4 rings (SSSR count). The van der Waals surface area contributed by atoms with Crippen molar-refractivity contribution in [2.45, 2.75) is 39.7 Å². The van der Waals surface area contributed by atoms with Crippen LogP contribution in [0.25, 0.3) is 0 Å². The van der Waals surface area contributed by atoms with E-state index in [0.29, 0.717) is 49.7 Å². The second kappa shape index (κ2) is 11.0. The Morgan fingerprint density at radius 2 is 1.62 bits per heavy atom. The Balaban J connectivity index is 1.29. The maximum absolute atomic E-state index is 13.2.